The molecule has 0 saturated carbocycles. The lowest BCUT2D eigenvalue weighted by Crippen LogP contribution is -2.21. The molecule has 0 spiro atoms. The molecule has 15 heavy (non-hydrogen) atoms. The molecule has 1 aromatic rings. The highest BCUT2D eigenvalue weighted by atomic mass is 19.4. The molecule has 84 valence electrons. The lowest BCUT2D eigenvalue weighted by atomic mass is 10.2. The number of hydrogen-bond donors (Lipinski definition) is 2. The molecule has 0 saturated heterocycles. The Labute approximate surface area is 85.0 Å². The molecule has 0 aromatic heterocycles. The largest absolute Gasteiger partial charge is 0.497 e. The number of rotatable bonds is 3. The first-order valence-corrected chi connectivity index (χ1v) is 4.16. The third kappa shape index (κ3) is 3.57. The maximum absolute atomic E-state index is 11.9. The number of nitrogens with two attached hydrogens (primary N) is 1. The molecule has 0 heterocycles. The van der Waals surface area contributed by atoms with Crippen LogP contribution in [0.1, 0.15) is 0 Å². The average molecular weight is 220 g/mol. The van der Waals surface area contributed by atoms with Gasteiger partial charge in [-0.2, -0.15) is 13.2 Å². The minimum absolute atomic E-state index is 0.215. The number of ether oxygens (including phenoxy) is 1. The summed E-state index contributed by atoms with van der Waals surface area (Å²) in [5.41, 5.74) is 5.95. The zero-order chi connectivity index (χ0) is 11.5. The second-order valence-electron chi connectivity index (χ2n) is 2.92. The van der Waals surface area contributed by atoms with E-state index in [1.165, 1.54) is 19.2 Å². The van der Waals surface area contributed by atoms with E-state index in [9.17, 15) is 13.2 Å². The first kappa shape index (κ1) is 11.5. The van der Waals surface area contributed by atoms with E-state index in [-0.39, 0.29) is 11.4 Å². The number of hydrogen-bond acceptors (Lipinski definition) is 3. The fraction of sp³-hybridized carbons (Fsp3) is 0.333. The lowest BCUT2D eigenvalue weighted by molar-refractivity contribution is -0.115. The van der Waals surface area contributed by atoms with Crippen molar-refractivity contribution < 1.29 is 17.9 Å². The number of benzene rings is 1. The number of alkyl halides is 3. The molecule has 0 atom stereocenters. The summed E-state index contributed by atoms with van der Waals surface area (Å²) in [4.78, 5) is 0. The van der Waals surface area contributed by atoms with Crippen LogP contribution in [-0.2, 0) is 0 Å². The van der Waals surface area contributed by atoms with Gasteiger partial charge < -0.3 is 15.8 Å². The predicted molar refractivity (Wildman–Crippen MR) is 52.0 cm³/mol. The van der Waals surface area contributed by atoms with Crippen molar-refractivity contribution in [2.45, 2.75) is 6.18 Å². The molecule has 3 N–H and O–H groups in total. The Morgan fingerprint density at radius 1 is 1.40 bits per heavy atom. The van der Waals surface area contributed by atoms with Gasteiger partial charge in [0, 0.05) is 6.07 Å². The quantitative estimate of drug-likeness (QED) is 0.768. The summed E-state index contributed by atoms with van der Waals surface area (Å²) >= 11 is 0. The zero-order valence-electron chi connectivity index (χ0n) is 8.06. The summed E-state index contributed by atoms with van der Waals surface area (Å²) in [6.07, 6.45) is -4.27. The van der Waals surface area contributed by atoms with Crippen molar-refractivity contribution in [2.24, 2.45) is 0 Å². The number of nitrogens with one attached hydrogen (secondary N) is 1. The van der Waals surface area contributed by atoms with Crippen LogP contribution in [0.3, 0.4) is 0 Å². The lowest BCUT2D eigenvalue weighted by Gasteiger charge is -2.12. The Kier molecular flexibility index (Phi) is 3.28. The molecule has 1 rings (SSSR count). The van der Waals surface area contributed by atoms with Crippen molar-refractivity contribution in [3.8, 4) is 5.75 Å². The molecule has 0 amide bonds. The molecule has 0 aliphatic rings. The molecule has 6 heteroatoms. The van der Waals surface area contributed by atoms with Gasteiger partial charge in [0.05, 0.1) is 18.5 Å². The predicted octanol–water partition coefficient (Wildman–Crippen LogP) is 2.25. The van der Waals surface area contributed by atoms with Gasteiger partial charge in [-0.1, -0.05) is 0 Å². The Morgan fingerprint density at radius 3 is 2.60 bits per heavy atom. The second-order valence-corrected chi connectivity index (χ2v) is 2.92. The van der Waals surface area contributed by atoms with Gasteiger partial charge in [-0.05, 0) is 12.1 Å². The highest BCUT2D eigenvalue weighted by Crippen LogP contribution is 2.25. The Morgan fingerprint density at radius 2 is 2.07 bits per heavy atom. The molecule has 0 aliphatic carbocycles. The minimum atomic E-state index is -4.27. The van der Waals surface area contributed by atoms with Crippen molar-refractivity contribution in [3.63, 3.8) is 0 Å². The molecular formula is C9H11F3N2O. The topological polar surface area (TPSA) is 47.3 Å². The van der Waals surface area contributed by atoms with E-state index in [2.05, 4.69) is 5.32 Å². The van der Waals surface area contributed by atoms with Crippen LogP contribution >= 0.6 is 0 Å². The smallest absolute Gasteiger partial charge is 0.405 e. The summed E-state index contributed by atoms with van der Waals surface area (Å²) in [6, 6.07) is 4.48. The molecule has 0 aliphatic heterocycles. The van der Waals surface area contributed by atoms with Gasteiger partial charge in [0.1, 0.15) is 12.3 Å². The van der Waals surface area contributed by atoms with Gasteiger partial charge in [0.25, 0.3) is 0 Å². The van der Waals surface area contributed by atoms with Gasteiger partial charge in [0.2, 0.25) is 0 Å². The number of methoxy groups -OCH3 is 1. The maximum atomic E-state index is 11.9. The highest BCUT2D eigenvalue weighted by Gasteiger charge is 2.26. The zero-order valence-corrected chi connectivity index (χ0v) is 8.06. The maximum Gasteiger partial charge on any atom is 0.405 e. The third-order valence-corrected chi connectivity index (χ3v) is 1.74. The number of halogens is 3. The van der Waals surface area contributed by atoms with Crippen molar-refractivity contribution in [2.75, 3.05) is 24.7 Å². The average Bonchev–Trinajstić information content (AvgIpc) is 2.15. The monoisotopic (exact) mass is 220 g/mol. The van der Waals surface area contributed by atoms with Crippen LogP contribution in [0.5, 0.6) is 5.75 Å². The van der Waals surface area contributed by atoms with Gasteiger partial charge in [0.15, 0.2) is 0 Å². The van der Waals surface area contributed by atoms with E-state index in [4.69, 9.17) is 10.5 Å². The van der Waals surface area contributed by atoms with E-state index < -0.39 is 12.7 Å². The summed E-state index contributed by atoms with van der Waals surface area (Å²) in [7, 11) is 1.43. The van der Waals surface area contributed by atoms with Crippen molar-refractivity contribution in [1.29, 1.82) is 0 Å². The van der Waals surface area contributed by atoms with Crippen molar-refractivity contribution in [3.05, 3.63) is 18.2 Å². The van der Waals surface area contributed by atoms with Crippen LogP contribution in [0, 0.1) is 0 Å². The molecule has 0 fully saturated rings. The first-order valence-electron chi connectivity index (χ1n) is 4.16. The van der Waals surface area contributed by atoms with Crippen LogP contribution in [0.2, 0.25) is 0 Å². The standard InChI is InChI=1S/C9H11F3N2O/c1-15-6-2-3-7(13)8(4-6)14-5-9(10,11)12/h2-4,14H,5,13H2,1H3. The third-order valence-electron chi connectivity index (χ3n) is 1.74. The summed E-state index contributed by atoms with van der Waals surface area (Å²) in [6.45, 7) is -1.12. The Hall–Kier alpha value is -1.59. The minimum Gasteiger partial charge on any atom is -0.497 e. The summed E-state index contributed by atoms with van der Waals surface area (Å²) in [5, 5.41) is 2.20. The molecule has 0 radical (unpaired) electrons. The molecule has 3 nitrogen and oxygen atoms in total. The van der Waals surface area contributed by atoms with Crippen LogP contribution in [0.15, 0.2) is 18.2 Å². The van der Waals surface area contributed by atoms with E-state index in [1.807, 2.05) is 0 Å². The fourth-order valence-electron chi connectivity index (χ4n) is 1.01. The van der Waals surface area contributed by atoms with E-state index >= 15 is 0 Å². The van der Waals surface area contributed by atoms with Gasteiger partial charge in [-0.15, -0.1) is 0 Å². The van der Waals surface area contributed by atoms with Gasteiger partial charge >= 0.3 is 6.18 Å². The summed E-state index contributed by atoms with van der Waals surface area (Å²) < 4.78 is 40.6. The van der Waals surface area contributed by atoms with Gasteiger partial charge in [-0.3, -0.25) is 0 Å². The molecular weight excluding hydrogens is 209 g/mol. The first-order chi connectivity index (χ1) is 6.92. The number of nitrogen functional groups attached to an aromatic ring is 1. The van der Waals surface area contributed by atoms with Gasteiger partial charge in [-0.25, -0.2) is 0 Å². The van der Waals surface area contributed by atoms with E-state index in [0.717, 1.165) is 0 Å². The summed E-state index contributed by atoms with van der Waals surface area (Å²) in [5.74, 6) is 0.453. The van der Waals surface area contributed by atoms with Crippen LogP contribution in [0.25, 0.3) is 0 Å². The van der Waals surface area contributed by atoms with E-state index in [0.29, 0.717) is 5.75 Å². The van der Waals surface area contributed by atoms with E-state index in [1.54, 1.807) is 6.07 Å². The fourth-order valence-corrected chi connectivity index (χ4v) is 1.01. The molecule has 0 bridgehead atoms. The second kappa shape index (κ2) is 4.29. The Bertz CT molecular complexity index is 339. The van der Waals surface area contributed by atoms with Crippen molar-refractivity contribution in [1.82, 2.24) is 0 Å². The number of anilines is 2. The SMILES string of the molecule is COc1ccc(N)c(NCC(F)(F)F)c1. The molecule has 1 aromatic carbocycles. The normalized spacial score (nSPS) is 11.2. The highest BCUT2D eigenvalue weighted by molar-refractivity contribution is 5.68. The van der Waals surface area contributed by atoms with Crippen LogP contribution < -0.4 is 15.8 Å². The van der Waals surface area contributed by atoms with Crippen LogP contribution in [0.4, 0.5) is 24.5 Å². The van der Waals surface area contributed by atoms with Crippen molar-refractivity contribution >= 4 is 11.4 Å². The molecule has 0 unspecified atom stereocenters. The Balaban J connectivity index is 2.75. The van der Waals surface area contributed by atoms with Crippen LogP contribution in [-0.4, -0.2) is 19.8 Å².